The molecule has 1 aliphatic heterocycles. The van der Waals surface area contributed by atoms with Crippen LogP contribution in [0.2, 0.25) is 0 Å². The summed E-state index contributed by atoms with van der Waals surface area (Å²) in [4.78, 5) is 0. The van der Waals surface area contributed by atoms with Crippen LogP contribution in [0.4, 0.5) is 0 Å². The molecule has 0 saturated carbocycles. The van der Waals surface area contributed by atoms with Crippen LogP contribution < -0.4 is 0 Å². The van der Waals surface area contributed by atoms with Gasteiger partial charge in [0.1, 0.15) is 0 Å². The molecule has 1 saturated heterocycles. The number of rotatable bonds is 6. The summed E-state index contributed by atoms with van der Waals surface area (Å²) in [7, 11) is 0. The van der Waals surface area contributed by atoms with Crippen molar-refractivity contribution in [2.24, 2.45) is 5.41 Å². The molecule has 0 aliphatic carbocycles. The first-order chi connectivity index (χ1) is 9.67. The average molecular weight is 276 g/mol. The van der Waals surface area contributed by atoms with Crippen LogP contribution >= 0.6 is 0 Å². The van der Waals surface area contributed by atoms with Crippen LogP contribution in [0.3, 0.4) is 0 Å². The standard InChI is InChI=1S/C18H28O2/c1-4-6-7-8-15-9-11-16(12-10-15)17-19-13-18(3,5-2)14-20-17/h9-12,17H,4-8,13-14H2,1-3H3/t17-,18-. The maximum absolute atomic E-state index is 5.89. The fourth-order valence-corrected chi connectivity index (χ4v) is 2.46. The van der Waals surface area contributed by atoms with Crippen LogP contribution in [0, 0.1) is 5.41 Å². The Hall–Kier alpha value is -0.860. The molecule has 1 fully saturated rings. The lowest BCUT2D eigenvalue weighted by Crippen LogP contribution is -2.35. The SMILES string of the molecule is CCCCCc1ccc([C@H]2OC[C@](C)(CC)CO2)cc1. The third-order valence-electron chi connectivity index (χ3n) is 4.34. The molecule has 0 spiro atoms. The van der Waals surface area contributed by atoms with Crippen LogP contribution in [0.25, 0.3) is 0 Å². The van der Waals surface area contributed by atoms with Gasteiger partial charge in [0.2, 0.25) is 0 Å². The molecule has 0 bridgehead atoms. The highest BCUT2D eigenvalue weighted by molar-refractivity contribution is 5.23. The molecule has 0 N–H and O–H groups in total. The Morgan fingerprint density at radius 3 is 2.25 bits per heavy atom. The van der Waals surface area contributed by atoms with Crippen LogP contribution in [0.1, 0.15) is 63.9 Å². The maximum atomic E-state index is 5.89. The van der Waals surface area contributed by atoms with Crippen molar-refractivity contribution in [3.63, 3.8) is 0 Å². The lowest BCUT2D eigenvalue weighted by Gasteiger charge is -2.36. The van der Waals surface area contributed by atoms with Crippen molar-refractivity contribution < 1.29 is 9.47 Å². The van der Waals surface area contributed by atoms with Gasteiger partial charge in [-0.1, -0.05) is 57.9 Å². The van der Waals surface area contributed by atoms with Crippen molar-refractivity contribution >= 4 is 0 Å². The van der Waals surface area contributed by atoms with E-state index in [1.807, 2.05) is 0 Å². The third kappa shape index (κ3) is 4.07. The van der Waals surface area contributed by atoms with Crippen molar-refractivity contribution in [3.8, 4) is 0 Å². The van der Waals surface area contributed by atoms with Gasteiger partial charge in [0.25, 0.3) is 0 Å². The van der Waals surface area contributed by atoms with E-state index in [0.717, 1.165) is 25.2 Å². The number of unbranched alkanes of at least 4 members (excludes halogenated alkanes) is 2. The van der Waals surface area contributed by atoms with Crippen molar-refractivity contribution in [3.05, 3.63) is 35.4 Å². The van der Waals surface area contributed by atoms with E-state index in [9.17, 15) is 0 Å². The summed E-state index contributed by atoms with van der Waals surface area (Å²) < 4.78 is 11.8. The van der Waals surface area contributed by atoms with E-state index in [1.165, 1.54) is 31.2 Å². The van der Waals surface area contributed by atoms with E-state index in [0.29, 0.717) is 0 Å². The largest absolute Gasteiger partial charge is 0.348 e. The average Bonchev–Trinajstić information content (AvgIpc) is 2.49. The molecule has 2 heteroatoms. The van der Waals surface area contributed by atoms with Gasteiger partial charge in [-0.3, -0.25) is 0 Å². The summed E-state index contributed by atoms with van der Waals surface area (Å²) in [5.41, 5.74) is 2.73. The smallest absolute Gasteiger partial charge is 0.183 e. The number of benzene rings is 1. The minimum atomic E-state index is -0.181. The second-order valence-electron chi connectivity index (χ2n) is 6.32. The van der Waals surface area contributed by atoms with Crippen molar-refractivity contribution in [1.82, 2.24) is 0 Å². The Balaban J connectivity index is 1.87. The Labute approximate surface area is 123 Å². The Morgan fingerprint density at radius 1 is 1.05 bits per heavy atom. The first-order valence-electron chi connectivity index (χ1n) is 7.99. The summed E-state index contributed by atoms with van der Waals surface area (Å²) in [6.07, 6.45) is 5.95. The van der Waals surface area contributed by atoms with Gasteiger partial charge in [-0.15, -0.1) is 0 Å². The second-order valence-corrected chi connectivity index (χ2v) is 6.32. The lowest BCUT2D eigenvalue weighted by atomic mass is 9.89. The molecule has 0 amide bonds. The van der Waals surface area contributed by atoms with E-state index in [2.05, 4.69) is 45.0 Å². The predicted octanol–water partition coefficient (Wildman–Crippen LogP) is 4.88. The molecular weight excluding hydrogens is 248 g/mol. The van der Waals surface area contributed by atoms with Crippen molar-refractivity contribution in [2.45, 2.75) is 59.2 Å². The molecule has 0 atom stereocenters. The van der Waals surface area contributed by atoms with Gasteiger partial charge in [0.05, 0.1) is 13.2 Å². The molecule has 1 heterocycles. The maximum Gasteiger partial charge on any atom is 0.183 e. The molecular formula is C18H28O2. The van der Waals surface area contributed by atoms with E-state index >= 15 is 0 Å². The van der Waals surface area contributed by atoms with Gasteiger partial charge >= 0.3 is 0 Å². The topological polar surface area (TPSA) is 18.5 Å². The molecule has 0 radical (unpaired) electrons. The fourth-order valence-electron chi connectivity index (χ4n) is 2.46. The highest BCUT2D eigenvalue weighted by atomic mass is 16.7. The zero-order valence-corrected chi connectivity index (χ0v) is 13.2. The molecule has 2 nitrogen and oxygen atoms in total. The number of hydrogen-bond donors (Lipinski definition) is 0. The van der Waals surface area contributed by atoms with Gasteiger partial charge in [0, 0.05) is 11.0 Å². The lowest BCUT2D eigenvalue weighted by molar-refractivity contribution is -0.230. The fraction of sp³-hybridized carbons (Fsp3) is 0.667. The van der Waals surface area contributed by atoms with Gasteiger partial charge in [-0.2, -0.15) is 0 Å². The zero-order valence-electron chi connectivity index (χ0n) is 13.2. The van der Waals surface area contributed by atoms with E-state index in [-0.39, 0.29) is 11.7 Å². The first kappa shape index (κ1) is 15.5. The van der Waals surface area contributed by atoms with Crippen LogP contribution in [-0.4, -0.2) is 13.2 Å². The third-order valence-corrected chi connectivity index (χ3v) is 4.34. The number of ether oxygens (including phenoxy) is 2. The Bertz CT molecular complexity index is 388. The van der Waals surface area contributed by atoms with Crippen LogP contribution in [0.15, 0.2) is 24.3 Å². The molecule has 112 valence electrons. The van der Waals surface area contributed by atoms with E-state index in [4.69, 9.17) is 9.47 Å². The van der Waals surface area contributed by atoms with Crippen molar-refractivity contribution in [2.75, 3.05) is 13.2 Å². The van der Waals surface area contributed by atoms with Gasteiger partial charge in [-0.25, -0.2) is 0 Å². The second kappa shape index (κ2) is 7.24. The molecule has 20 heavy (non-hydrogen) atoms. The van der Waals surface area contributed by atoms with E-state index in [1.54, 1.807) is 0 Å². The molecule has 1 aliphatic rings. The monoisotopic (exact) mass is 276 g/mol. The highest BCUT2D eigenvalue weighted by Gasteiger charge is 2.31. The summed E-state index contributed by atoms with van der Waals surface area (Å²) >= 11 is 0. The van der Waals surface area contributed by atoms with Crippen molar-refractivity contribution in [1.29, 1.82) is 0 Å². The van der Waals surface area contributed by atoms with Gasteiger partial charge in [-0.05, 0) is 24.8 Å². The Morgan fingerprint density at radius 2 is 1.70 bits per heavy atom. The van der Waals surface area contributed by atoms with Gasteiger partial charge < -0.3 is 9.47 Å². The molecule has 0 aromatic heterocycles. The predicted molar refractivity (Wildman–Crippen MR) is 82.7 cm³/mol. The van der Waals surface area contributed by atoms with Crippen LogP contribution in [0.5, 0.6) is 0 Å². The summed E-state index contributed by atoms with van der Waals surface area (Å²) in [5.74, 6) is 0. The minimum absolute atomic E-state index is 0.177. The highest BCUT2D eigenvalue weighted by Crippen LogP contribution is 2.33. The molecule has 0 unspecified atom stereocenters. The quantitative estimate of drug-likeness (QED) is 0.689. The van der Waals surface area contributed by atoms with Gasteiger partial charge in [0.15, 0.2) is 6.29 Å². The molecule has 1 aromatic rings. The number of hydrogen-bond acceptors (Lipinski definition) is 2. The van der Waals surface area contributed by atoms with E-state index < -0.39 is 0 Å². The molecule has 1 aromatic carbocycles. The molecule has 2 rings (SSSR count). The summed E-state index contributed by atoms with van der Waals surface area (Å²) in [5, 5.41) is 0. The normalized spacial score (nSPS) is 26.6. The van der Waals surface area contributed by atoms with Crippen LogP contribution in [-0.2, 0) is 15.9 Å². The first-order valence-corrected chi connectivity index (χ1v) is 7.99. The summed E-state index contributed by atoms with van der Waals surface area (Å²) in [6.45, 7) is 8.22. The zero-order chi connectivity index (χ0) is 14.4. The Kier molecular flexibility index (Phi) is 5.62. The summed E-state index contributed by atoms with van der Waals surface area (Å²) in [6, 6.07) is 8.73. The minimum Gasteiger partial charge on any atom is -0.348 e. The number of aryl methyl sites for hydroxylation is 1.